The second-order valence-electron chi connectivity index (χ2n) is 6.84. The lowest BCUT2D eigenvalue weighted by molar-refractivity contribution is 0.243. The van der Waals surface area contributed by atoms with Crippen LogP contribution in [0.15, 0.2) is 42.5 Å². The van der Waals surface area contributed by atoms with Crippen LogP contribution in [0.3, 0.4) is 0 Å². The first kappa shape index (κ1) is 13.7. The van der Waals surface area contributed by atoms with E-state index in [0.717, 1.165) is 6.42 Å². The quantitative estimate of drug-likeness (QED) is 0.799. The molecule has 2 heteroatoms. The van der Waals surface area contributed by atoms with Gasteiger partial charge in [0.05, 0.1) is 0 Å². The van der Waals surface area contributed by atoms with Crippen molar-refractivity contribution in [1.29, 1.82) is 0 Å². The molecule has 0 radical (unpaired) electrons. The van der Waals surface area contributed by atoms with Gasteiger partial charge in [0.1, 0.15) is 11.5 Å². The van der Waals surface area contributed by atoms with Gasteiger partial charge in [0.25, 0.3) is 0 Å². The molecule has 2 aliphatic carbocycles. The van der Waals surface area contributed by atoms with Crippen molar-refractivity contribution in [3.8, 4) is 11.5 Å². The molecule has 114 valence electrons. The third-order valence-electron chi connectivity index (χ3n) is 5.62. The summed E-state index contributed by atoms with van der Waals surface area (Å²) in [6.45, 7) is 0. The average molecular weight is 294 g/mol. The van der Waals surface area contributed by atoms with Crippen LogP contribution < -0.4 is 0 Å². The van der Waals surface area contributed by atoms with Gasteiger partial charge in [0, 0.05) is 0 Å². The summed E-state index contributed by atoms with van der Waals surface area (Å²) in [7, 11) is 0. The lowest BCUT2D eigenvalue weighted by atomic mass is 9.61. The van der Waals surface area contributed by atoms with Gasteiger partial charge in [-0.15, -0.1) is 0 Å². The van der Waals surface area contributed by atoms with E-state index in [1.165, 1.54) is 42.4 Å². The molecule has 0 spiro atoms. The molecule has 1 saturated carbocycles. The first-order valence-corrected chi connectivity index (χ1v) is 8.33. The Labute approximate surface area is 131 Å². The lowest BCUT2D eigenvalue weighted by Crippen LogP contribution is -2.30. The number of benzene rings is 2. The van der Waals surface area contributed by atoms with Crippen molar-refractivity contribution in [2.75, 3.05) is 0 Å². The molecule has 0 saturated heterocycles. The van der Waals surface area contributed by atoms with E-state index in [1.54, 1.807) is 12.1 Å². The Morgan fingerprint density at radius 1 is 0.773 bits per heavy atom. The van der Waals surface area contributed by atoms with Gasteiger partial charge in [0.15, 0.2) is 0 Å². The maximum Gasteiger partial charge on any atom is 0.115 e. The second-order valence-corrected chi connectivity index (χ2v) is 6.84. The molecule has 2 N–H and O–H groups in total. The smallest absolute Gasteiger partial charge is 0.115 e. The van der Waals surface area contributed by atoms with Crippen molar-refractivity contribution in [2.45, 2.75) is 43.9 Å². The lowest BCUT2D eigenvalue weighted by Gasteiger charge is -2.43. The molecule has 2 aromatic rings. The van der Waals surface area contributed by atoms with Crippen molar-refractivity contribution >= 4 is 0 Å². The zero-order chi connectivity index (χ0) is 15.1. The molecule has 3 atom stereocenters. The number of rotatable bonds is 1. The van der Waals surface area contributed by atoms with E-state index in [0.29, 0.717) is 29.3 Å². The van der Waals surface area contributed by atoms with Gasteiger partial charge in [0.2, 0.25) is 0 Å². The summed E-state index contributed by atoms with van der Waals surface area (Å²) in [5.41, 5.74) is 4.09. The molecular weight excluding hydrogens is 272 g/mol. The summed E-state index contributed by atoms with van der Waals surface area (Å²) in [4.78, 5) is 0. The summed E-state index contributed by atoms with van der Waals surface area (Å²) in [5.74, 6) is 2.52. The van der Waals surface area contributed by atoms with Crippen LogP contribution >= 0.6 is 0 Å². The van der Waals surface area contributed by atoms with Crippen molar-refractivity contribution in [3.05, 3.63) is 59.2 Å². The average Bonchev–Trinajstić information content (AvgIpc) is 2.54. The Kier molecular flexibility index (Phi) is 3.33. The van der Waals surface area contributed by atoms with E-state index >= 15 is 0 Å². The largest absolute Gasteiger partial charge is 0.508 e. The fourth-order valence-electron chi connectivity index (χ4n) is 4.63. The van der Waals surface area contributed by atoms with Gasteiger partial charge in [-0.05, 0) is 78.0 Å². The summed E-state index contributed by atoms with van der Waals surface area (Å²) in [5, 5.41) is 19.4. The Hall–Kier alpha value is -1.96. The van der Waals surface area contributed by atoms with Crippen LogP contribution in [0, 0.1) is 5.92 Å². The standard InChI is InChI=1S/C20H22O2/c21-15-7-5-13(6-8-15)20-12-14-11-16(22)9-10-17(14)18-3-1-2-4-19(18)20/h5-11,18-22H,1-4,12H2/t18-,19-,20-/m0/s1. The fourth-order valence-corrected chi connectivity index (χ4v) is 4.63. The number of phenols is 2. The van der Waals surface area contributed by atoms with E-state index in [1.807, 2.05) is 12.1 Å². The summed E-state index contributed by atoms with van der Waals surface area (Å²) >= 11 is 0. The summed E-state index contributed by atoms with van der Waals surface area (Å²) < 4.78 is 0. The van der Waals surface area contributed by atoms with E-state index in [-0.39, 0.29) is 0 Å². The number of hydrogen-bond donors (Lipinski definition) is 2. The molecule has 2 aliphatic rings. The second kappa shape index (κ2) is 5.35. The minimum Gasteiger partial charge on any atom is -0.508 e. The molecule has 1 fully saturated rings. The Bertz CT molecular complexity index is 675. The van der Waals surface area contributed by atoms with Gasteiger partial charge in [-0.3, -0.25) is 0 Å². The van der Waals surface area contributed by atoms with Crippen molar-refractivity contribution in [3.63, 3.8) is 0 Å². The predicted octanol–water partition coefficient (Wildman–Crippen LogP) is 4.71. The number of fused-ring (bicyclic) bond motifs is 3. The molecule has 0 aliphatic heterocycles. The van der Waals surface area contributed by atoms with Crippen LogP contribution in [0.4, 0.5) is 0 Å². The van der Waals surface area contributed by atoms with Gasteiger partial charge in [-0.25, -0.2) is 0 Å². The molecule has 0 unspecified atom stereocenters. The van der Waals surface area contributed by atoms with E-state index in [2.05, 4.69) is 18.2 Å². The van der Waals surface area contributed by atoms with Gasteiger partial charge >= 0.3 is 0 Å². The molecule has 2 aromatic carbocycles. The Balaban J connectivity index is 1.77. The summed E-state index contributed by atoms with van der Waals surface area (Å²) in [6, 6.07) is 13.7. The van der Waals surface area contributed by atoms with Gasteiger partial charge in [-0.2, -0.15) is 0 Å². The number of phenolic OH excluding ortho intramolecular Hbond substituents is 2. The maximum atomic E-state index is 9.84. The van der Waals surface area contributed by atoms with Crippen LogP contribution in [0.5, 0.6) is 11.5 Å². The van der Waals surface area contributed by atoms with E-state index in [4.69, 9.17) is 0 Å². The molecule has 0 heterocycles. The number of hydrogen-bond acceptors (Lipinski definition) is 2. The first-order chi connectivity index (χ1) is 10.7. The summed E-state index contributed by atoms with van der Waals surface area (Å²) in [6.07, 6.45) is 6.18. The van der Waals surface area contributed by atoms with Crippen LogP contribution in [-0.4, -0.2) is 10.2 Å². The normalized spacial score (nSPS) is 27.0. The van der Waals surface area contributed by atoms with Crippen molar-refractivity contribution in [1.82, 2.24) is 0 Å². The van der Waals surface area contributed by atoms with Crippen LogP contribution in [0.1, 0.15) is 54.2 Å². The van der Waals surface area contributed by atoms with Crippen molar-refractivity contribution < 1.29 is 10.2 Å². The zero-order valence-corrected chi connectivity index (χ0v) is 12.7. The maximum absolute atomic E-state index is 9.84. The minimum atomic E-state index is 0.331. The highest BCUT2D eigenvalue weighted by molar-refractivity contribution is 5.43. The van der Waals surface area contributed by atoms with Gasteiger partial charge in [-0.1, -0.05) is 31.0 Å². The topological polar surface area (TPSA) is 40.5 Å². The monoisotopic (exact) mass is 294 g/mol. The van der Waals surface area contributed by atoms with Crippen molar-refractivity contribution in [2.24, 2.45) is 5.92 Å². The fraction of sp³-hybridized carbons (Fsp3) is 0.400. The predicted molar refractivity (Wildman–Crippen MR) is 87.4 cm³/mol. The first-order valence-electron chi connectivity index (χ1n) is 8.33. The SMILES string of the molecule is Oc1ccc([C@@H]2Cc3cc(O)ccc3[C@@H]3CCCC[C@H]23)cc1. The highest BCUT2D eigenvalue weighted by atomic mass is 16.3. The molecule has 2 nitrogen and oxygen atoms in total. The molecule has 0 aromatic heterocycles. The molecule has 0 bridgehead atoms. The Morgan fingerprint density at radius 2 is 1.50 bits per heavy atom. The van der Waals surface area contributed by atoms with E-state index < -0.39 is 0 Å². The van der Waals surface area contributed by atoms with Crippen LogP contribution in [0.2, 0.25) is 0 Å². The third kappa shape index (κ3) is 2.27. The number of aromatic hydroxyl groups is 2. The van der Waals surface area contributed by atoms with Crippen LogP contribution in [0.25, 0.3) is 0 Å². The zero-order valence-electron chi connectivity index (χ0n) is 12.7. The molecule has 4 rings (SSSR count). The van der Waals surface area contributed by atoms with Gasteiger partial charge < -0.3 is 10.2 Å². The third-order valence-corrected chi connectivity index (χ3v) is 5.62. The van der Waals surface area contributed by atoms with E-state index in [9.17, 15) is 10.2 Å². The minimum absolute atomic E-state index is 0.331. The molecule has 22 heavy (non-hydrogen) atoms. The Morgan fingerprint density at radius 3 is 2.32 bits per heavy atom. The molecular formula is C20H22O2. The molecule has 0 amide bonds. The highest BCUT2D eigenvalue weighted by Gasteiger charge is 2.38. The highest BCUT2D eigenvalue weighted by Crippen LogP contribution is 2.51. The van der Waals surface area contributed by atoms with Crippen LogP contribution in [-0.2, 0) is 6.42 Å².